The Labute approximate surface area is 338 Å². The van der Waals surface area contributed by atoms with E-state index in [2.05, 4.69) is 26.9 Å². The minimum Gasteiger partial charge on any atom is -0.444 e. The molecule has 16 heteroatoms. The summed E-state index contributed by atoms with van der Waals surface area (Å²) in [5.41, 5.74) is 0.190. The fourth-order valence-electron chi connectivity index (χ4n) is 7.00. The molecule has 4 aromatic rings. The van der Waals surface area contributed by atoms with Gasteiger partial charge in [0, 0.05) is 36.2 Å². The molecule has 306 valence electrons. The average Bonchev–Trinajstić information content (AvgIpc) is 3.46. The predicted molar refractivity (Wildman–Crippen MR) is 216 cm³/mol. The van der Waals surface area contributed by atoms with Gasteiger partial charge in [-0.3, -0.25) is 14.4 Å². The highest BCUT2D eigenvalue weighted by molar-refractivity contribution is 7.90. The van der Waals surface area contributed by atoms with E-state index in [9.17, 15) is 27.6 Å². The molecule has 1 saturated carbocycles. The van der Waals surface area contributed by atoms with Crippen LogP contribution in [-0.2, 0) is 29.1 Å². The number of likely N-dealkylation sites (tertiary alicyclic amines) is 1. The molecule has 5 atom stereocenters. The van der Waals surface area contributed by atoms with Crippen molar-refractivity contribution in [3.63, 3.8) is 0 Å². The van der Waals surface area contributed by atoms with Gasteiger partial charge in [0.1, 0.15) is 34.6 Å². The Bertz CT molecular complexity index is 2250. The van der Waals surface area contributed by atoms with Gasteiger partial charge in [-0.25, -0.2) is 14.5 Å². The van der Waals surface area contributed by atoms with Crippen molar-refractivity contribution in [1.29, 1.82) is 0 Å². The summed E-state index contributed by atoms with van der Waals surface area (Å²) in [6.07, 6.45) is 2.13. The number of sulfonamides is 1. The van der Waals surface area contributed by atoms with E-state index in [1.165, 1.54) is 28.0 Å². The minimum absolute atomic E-state index is 0.0278. The molecule has 6 rings (SSSR count). The summed E-state index contributed by atoms with van der Waals surface area (Å²) >= 11 is 0. The molecule has 3 N–H and O–H groups in total. The van der Waals surface area contributed by atoms with E-state index in [1.807, 2.05) is 60.7 Å². The third-order valence-corrected chi connectivity index (χ3v) is 11.4. The lowest BCUT2D eigenvalue weighted by Gasteiger charge is -2.36. The zero-order valence-electron chi connectivity index (χ0n) is 33.7. The van der Waals surface area contributed by atoms with Gasteiger partial charge in [0.2, 0.25) is 11.8 Å². The monoisotopic (exact) mass is 810 g/mol. The molecule has 2 aromatic carbocycles. The summed E-state index contributed by atoms with van der Waals surface area (Å²) in [5.74, 6) is -2.84. The Balaban J connectivity index is 1.36. The highest BCUT2D eigenvalue weighted by Gasteiger charge is 2.61. The number of ether oxygens (including phenoxy) is 1. The number of hydrogen-bond donors (Lipinski definition) is 3. The molecule has 0 bridgehead atoms. The summed E-state index contributed by atoms with van der Waals surface area (Å²) in [6, 6.07) is 18.9. The van der Waals surface area contributed by atoms with Crippen LogP contribution >= 0.6 is 0 Å². The molecule has 0 radical (unpaired) electrons. The zero-order chi connectivity index (χ0) is 42.2. The van der Waals surface area contributed by atoms with Crippen LogP contribution in [0.25, 0.3) is 22.5 Å². The van der Waals surface area contributed by atoms with Gasteiger partial charge in [-0.2, -0.15) is 23.4 Å². The summed E-state index contributed by atoms with van der Waals surface area (Å²) in [6.45, 7) is 16.0. The first-order valence-corrected chi connectivity index (χ1v) is 20.5. The van der Waals surface area contributed by atoms with E-state index in [1.54, 1.807) is 54.5 Å². The molecular weight excluding hydrogens is 761 g/mol. The molecule has 4 amide bonds. The number of carbonyl (C=O) groups is 4. The number of hydrogen-bond acceptors (Lipinski definition) is 10. The van der Waals surface area contributed by atoms with Crippen LogP contribution in [0.5, 0.6) is 0 Å². The number of nitrogens with zero attached hydrogens (tertiary/aromatic N) is 5. The first-order chi connectivity index (χ1) is 27.2. The lowest BCUT2D eigenvalue weighted by Crippen LogP contribution is -2.60. The maximum Gasteiger partial charge on any atom is 0.408 e. The second kappa shape index (κ2) is 15.8. The Kier molecular flexibility index (Phi) is 11.4. The van der Waals surface area contributed by atoms with Crippen molar-refractivity contribution in [2.24, 2.45) is 11.3 Å². The molecule has 3 heterocycles. The lowest BCUT2D eigenvalue weighted by atomic mass is 9.85. The third-order valence-electron chi connectivity index (χ3n) is 10.1. The van der Waals surface area contributed by atoms with Crippen molar-refractivity contribution >= 4 is 33.8 Å². The minimum atomic E-state index is -4.41. The van der Waals surface area contributed by atoms with Gasteiger partial charge in [-0.05, 0) is 51.2 Å². The van der Waals surface area contributed by atoms with Crippen LogP contribution in [0.4, 0.5) is 4.79 Å². The number of rotatable bonds is 11. The molecule has 0 unspecified atom stereocenters. The fraction of sp³-hybridized carbons (Fsp3) is 0.405. The van der Waals surface area contributed by atoms with Crippen LogP contribution in [0, 0.1) is 18.3 Å². The number of amides is 4. The van der Waals surface area contributed by atoms with E-state index in [4.69, 9.17) is 14.9 Å². The third kappa shape index (κ3) is 8.96. The largest absolute Gasteiger partial charge is 0.444 e. The number of nitrogens with one attached hydrogen (secondary N) is 3. The van der Waals surface area contributed by atoms with Gasteiger partial charge >= 0.3 is 6.09 Å². The predicted octanol–water partition coefficient (Wildman–Crippen LogP) is 4.96. The maximum absolute atomic E-state index is 14.7. The molecule has 2 aromatic heterocycles. The SMILES string of the molecule is C=C[C@@H]1C[C@@]1(NC(=O)[C@@H]1C[C@@H](n2nc(-c3ccccc3)c(-c3ccccc3)n2)CN1C(=O)[C@H](NC(=O)OC(C)(C)C)C(C)(C)C)C(=O)NS(=O)(=O)c1ccc(C)cn1. The molecular formula is C42H50N8O7S. The van der Waals surface area contributed by atoms with Gasteiger partial charge in [0.15, 0.2) is 5.03 Å². The molecule has 2 aliphatic rings. The highest BCUT2D eigenvalue weighted by Crippen LogP contribution is 2.45. The Hall–Kier alpha value is -5.90. The summed E-state index contributed by atoms with van der Waals surface area (Å²) in [7, 11) is -4.41. The van der Waals surface area contributed by atoms with Crippen molar-refractivity contribution in [2.45, 2.75) is 95.6 Å². The standard InChI is InChI=1S/C42H50N8O7S/c1-9-29-23-42(29,38(53)48-58(55,56)32-21-20-26(2)24-43-32)45-36(51)31-22-30(25-49(31)37(52)35(40(3,4)5)44-39(54)57-41(6,7)8)50-46-33(27-16-12-10-13-17-27)34(47-50)28-18-14-11-15-19-28/h9-21,24,29-31,35H,1,22-23,25H2,2-8H3,(H,44,54)(H,45,51)(H,48,53)/t29-,30-,31+,35+,42+/m1/s1. The van der Waals surface area contributed by atoms with Crippen LogP contribution < -0.4 is 15.4 Å². The number of carbonyl (C=O) groups excluding carboxylic acids is 4. The van der Waals surface area contributed by atoms with Gasteiger partial charge < -0.3 is 20.3 Å². The van der Waals surface area contributed by atoms with Crippen LogP contribution in [0.1, 0.15) is 66.0 Å². The number of aryl methyl sites for hydroxylation is 1. The number of alkyl carbamates (subject to hydrolysis) is 1. The van der Waals surface area contributed by atoms with Crippen LogP contribution in [0.2, 0.25) is 0 Å². The van der Waals surface area contributed by atoms with E-state index >= 15 is 0 Å². The molecule has 58 heavy (non-hydrogen) atoms. The Morgan fingerprint density at radius 1 is 0.914 bits per heavy atom. The summed E-state index contributed by atoms with van der Waals surface area (Å²) in [5, 5.41) is 15.0. The van der Waals surface area contributed by atoms with Crippen LogP contribution in [0.15, 0.2) is 96.7 Å². The first kappa shape index (κ1) is 41.7. The highest BCUT2D eigenvalue weighted by atomic mass is 32.2. The average molecular weight is 811 g/mol. The molecule has 0 spiro atoms. The number of pyridine rings is 1. The van der Waals surface area contributed by atoms with Gasteiger partial charge in [-0.15, -0.1) is 6.58 Å². The van der Waals surface area contributed by atoms with Crippen LogP contribution in [0.3, 0.4) is 0 Å². The van der Waals surface area contributed by atoms with Gasteiger partial charge in [-0.1, -0.05) is 93.6 Å². The second-order valence-corrected chi connectivity index (χ2v) is 18.5. The number of aromatic nitrogens is 4. The zero-order valence-corrected chi connectivity index (χ0v) is 34.5. The smallest absolute Gasteiger partial charge is 0.408 e. The van der Waals surface area contributed by atoms with E-state index < -0.39 is 74.4 Å². The van der Waals surface area contributed by atoms with Gasteiger partial charge in [0.25, 0.3) is 15.9 Å². The van der Waals surface area contributed by atoms with Crippen LogP contribution in [-0.4, -0.2) is 86.9 Å². The molecule has 1 aliphatic carbocycles. The maximum atomic E-state index is 14.7. The fourth-order valence-corrected chi connectivity index (χ4v) is 7.96. The number of benzene rings is 2. The lowest BCUT2D eigenvalue weighted by molar-refractivity contribution is -0.143. The van der Waals surface area contributed by atoms with E-state index in [-0.39, 0.29) is 24.4 Å². The van der Waals surface area contributed by atoms with Crippen molar-refractivity contribution in [3.05, 3.63) is 97.2 Å². The van der Waals surface area contributed by atoms with Crippen molar-refractivity contribution in [2.75, 3.05) is 6.54 Å². The normalized spacial score (nSPS) is 21.1. The second-order valence-electron chi connectivity index (χ2n) is 16.9. The molecule has 2 fully saturated rings. The Morgan fingerprint density at radius 3 is 1.98 bits per heavy atom. The van der Waals surface area contributed by atoms with Crippen molar-refractivity contribution < 1.29 is 32.3 Å². The first-order valence-electron chi connectivity index (χ1n) is 19.0. The quantitative estimate of drug-likeness (QED) is 0.174. The van der Waals surface area contributed by atoms with E-state index in [0.29, 0.717) is 11.4 Å². The Morgan fingerprint density at radius 2 is 1.50 bits per heavy atom. The van der Waals surface area contributed by atoms with Gasteiger partial charge in [0.05, 0.1) is 6.04 Å². The topological polar surface area (TPSA) is 195 Å². The molecule has 1 saturated heterocycles. The summed E-state index contributed by atoms with van der Waals surface area (Å²) in [4.78, 5) is 63.1. The molecule has 1 aliphatic heterocycles. The van der Waals surface area contributed by atoms with E-state index in [0.717, 1.165) is 16.7 Å². The van der Waals surface area contributed by atoms with Crippen molar-refractivity contribution in [1.82, 2.24) is 40.2 Å². The summed E-state index contributed by atoms with van der Waals surface area (Å²) < 4.78 is 34.1. The van der Waals surface area contributed by atoms with Crippen molar-refractivity contribution in [3.8, 4) is 22.5 Å². The molecule has 15 nitrogen and oxygen atoms in total.